The van der Waals surface area contributed by atoms with E-state index in [2.05, 4.69) is 40.5 Å². The number of nitrogens with one attached hydrogen (secondary N) is 1. The maximum Gasteiger partial charge on any atom is 0.202 e. The van der Waals surface area contributed by atoms with Crippen molar-refractivity contribution in [3.63, 3.8) is 0 Å². The lowest BCUT2D eigenvalue weighted by atomic mass is 9.96. The van der Waals surface area contributed by atoms with Gasteiger partial charge in [0.2, 0.25) is 5.13 Å². The summed E-state index contributed by atoms with van der Waals surface area (Å²) in [5, 5.41) is 8.64. The maximum atomic E-state index is 5.98. The molecule has 1 fully saturated rings. The smallest absolute Gasteiger partial charge is 0.202 e. The van der Waals surface area contributed by atoms with Crippen molar-refractivity contribution in [1.82, 2.24) is 19.1 Å². The lowest BCUT2D eigenvalue weighted by Gasteiger charge is -2.31. The number of hydrogen-bond donors (Lipinski definition) is 1. The van der Waals surface area contributed by atoms with E-state index in [4.69, 9.17) is 4.74 Å². The summed E-state index contributed by atoms with van der Waals surface area (Å²) in [7, 11) is 1.93. The Bertz CT molecular complexity index is 630. The van der Waals surface area contributed by atoms with Gasteiger partial charge in [-0.1, -0.05) is 20.8 Å². The average molecular weight is 321 g/mol. The maximum absolute atomic E-state index is 5.98. The molecule has 0 unspecified atom stereocenters. The average Bonchev–Trinajstić information content (AvgIpc) is 3.08. The topological polar surface area (TPSA) is 64.9 Å². The molecule has 0 saturated carbocycles. The number of anilines is 1. The summed E-state index contributed by atoms with van der Waals surface area (Å²) in [5.41, 5.74) is 1.09. The predicted molar refractivity (Wildman–Crippen MR) is 87.2 cm³/mol. The van der Waals surface area contributed by atoms with Crippen LogP contribution in [0.4, 0.5) is 5.13 Å². The molecule has 1 aliphatic heterocycles. The zero-order chi connectivity index (χ0) is 15.7. The Morgan fingerprint density at radius 1 is 1.41 bits per heavy atom. The Morgan fingerprint density at radius 2 is 2.23 bits per heavy atom. The van der Waals surface area contributed by atoms with Crippen LogP contribution in [0.2, 0.25) is 0 Å². The normalized spacial score (nSPS) is 22.7. The number of aromatic nitrogens is 4. The molecule has 1 aliphatic rings. The van der Waals surface area contributed by atoms with Crippen molar-refractivity contribution in [2.45, 2.75) is 51.2 Å². The largest absolute Gasteiger partial charge is 0.371 e. The molecule has 7 heteroatoms. The minimum Gasteiger partial charge on any atom is -0.371 e. The summed E-state index contributed by atoms with van der Waals surface area (Å²) >= 11 is 1.42. The lowest BCUT2D eigenvalue weighted by Crippen LogP contribution is -2.33. The molecule has 22 heavy (non-hydrogen) atoms. The summed E-state index contributed by atoms with van der Waals surface area (Å²) in [6.07, 6.45) is 6.03. The van der Waals surface area contributed by atoms with Crippen LogP contribution >= 0.6 is 11.5 Å². The SMILES string of the molecule is Cn1cc([C@H]2OCCC[C@@H]2Nc2nc(C(C)(C)C)ns2)cn1. The van der Waals surface area contributed by atoms with Gasteiger partial charge in [-0.3, -0.25) is 4.68 Å². The summed E-state index contributed by atoms with van der Waals surface area (Å²) in [4.78, 5) is 4.63. The number of nitrogens with zero attached hydrogens (tertiary/aromatic N) is 4. The number of aryl methyl sites for hydroxylation is 1. The van der Waals surface area contributed by atoms with Gasteiger partial charge < -0.3 is 10.1 Å². The Kier molecular flexibility index (Phi) is 4.18. The van der Waals surface area contributed by atoms with Gasteiger partial charge in [0.25, 0.3) is 0 Å². The molecule has 0 aliphatic carbocycles. The van der Waals surface area contributed by atoms with E-state index in [1.165, 1.54) is 11.5 Å². The van der Waals surface area contributed by atoms with Gasteiger partial charge >= 0.3 is 0 Å². The van der Waals surface area contributed by atoms with Crippen LogP contribution < -0.4 is 5.32 Å². The molecule has 6 nitrogen and oxygen atoms in total. The predicted octanol–water partition coefficient (Wildman–Crippen LogP) is 2.90. The van der Waals surface area contributed by atoms with E-state index in [0.717, 1.165) is 36.0 Å². The highest BCUT2D eigenvalue weighted by atomic mass is 32.1. The van der Waals surface area contributed by atoms with Gasteiger partial charge in [0.1, 0.15) is 11.9 Å². The van der Waals surface area contributed by atoms with Crippen LogP contribution in [-0.2, 0) is 17.2 Å². The molecule has 1 saturated heterocycles. The van der Waals surface area contributed by atoms with Gasteiger partial charge in [-0.05, 0) is 12.8 Å². The first-order valence-electron chi connectivity index (χ1n) is 7.64. The van der Waals surface area contributed by atoms with E-state index in [1.807, 2.05) is 24.1 Å². The van der Waals surface area contributed by atoms with Crippen molar-refractivity contribution < 1.29 is 4.74 Å². The Hall–Kier alpha value is -1.47. The molecular weight excluding hydrogens is 298 g/mol. The molecular formula is C15H23N5OS. The van der Waals surface area contributed by atoms with Crippen molar-refractivity contribution in [2.24, 2.45) is 7.05 Å². The number of rotatable bonds is 3. The minimum absolute atomic E-state index is 0.0180. The van der Waals surface area contributed by atoms with E-state index < -0.39 is 0 Å². The second kappa shape index (κ2) is 5.96. The van der Waals surface area contributed by atoms with Crippen LogP contribution in [0.5, 0.6) is 0 Å². The van der Waals surface area contributed by atoms with Crippen LogP contribution in [0.25, 0.3) is 0 Å². The number of ether oxygens (including phenoxy) is 1. The Balaban J connectivity index is 1.75. The van der Waals surface area contributed by atoms with Gasteiger partial charge in [0.15, 0.2) is 0 Å². The van der Waals surface area contributed by atoms with Crippen molar-refractivity contribution in [2.75, 3.05) is 11.9 Å². The highest BCUT2D eigenvalue weighted by Gasteiger charge is 2.30. The highest BCUT2D eigenvalue weighted by molar-refractivity contribution is 7.09. The third kappa shape index (κ3) is 3.30. The molecule has 0 spiro atoms. The van der Waals surface area contributed by atoms with Crippen LogP contribution in [0.15, 0.2) is 12.4 Å². The van der Waals surface area contributed by atoms with Gasteiger partial charge in [-0.15, -0.1) is 0 Å². The summed E-state index contributed by atoms with van der Waals surface area (Å²) < 4.78 is 12.3. The third-order valence-electron chi connectivity index (χ3n) is 3.78. The fourth-order valence-corrected chi connectivity index (χ4v) is 3.41. The standard InChI is InChI=1S/C15H23N5OS/c1-15(2,3)13-18-14(22-19-13)17-11-6-5-7-21-12(11)10-8-16-20(4)9-10/h8-9,11-12H,5-7H2,1-4H3,(H,17,18,19)/t11-,12+/m0/s1. The van der Waals surface area contributed by atoms with E-state index in [1.54, 1.807) is 0 Å². The van der Waals surface area contributed by atoms with E-state index in [9.17, 15) is 0 Å². The fraction of sp³-hybridized carbons (Fsp3) is 0.667. The molecule has 0 bridgehead atoms. The molecule has 0 amide bonds. The van der Waals surface area contributed by atoms with Gasteiger partial charge in [-0.25, -0.2) is 4.98 Å². The van der Waals surface area contributed by atoms with Gasteiger partial charge in [-0.2, -0.15) is 9.47 Å². The summed E-state index contributed by atoms with van der Waals surface area (Å²) in [5.74, 6) is 0.884. The van der Waals surface area contributed by atoms with Crippen LogP contribution in [0, 0.1) is 0 Å². The Morgan fingerprint density at radius 3 is 2.86 bits per heavy atom. The molecule has 2 aromatic heterocycles. The molecule has 3 heterocycles. The fourth-order valence-electron chi connectivity index (χ4n) is 2.59. The quantitative estimate of drug-likeness (QED) is 0.941. The van der Waals surface area contributed by atoms with E-state index in [-0.39, 0.29) is 17.6 Å². The summed E-state index contributed by atoms with van der Waals surface area (Å²) in [6, 6.07) is 0.207. The van der Waals surface area contributed by atoms with Gasteiger partial charge in [0, 0.05) is 42.4 Å². The van der Waals surface area contributed by atoms with Crippen molar-refractivity contribution in [1.29, 1.82) is 0 Å². The molecule has 3 rings (SSSR count). The van der Waals surface area contributed by atoms with Gasteiger partial charge in [0.05, 0.1) is 12.2 Å². The van der Waals surface area contributed by atoms with Crippen LogP contribution in [0.3, 0.4) is 0 Å². The van der Waals surface area contributed by atoms with Crippen molar-refractivity contribution in [3.05, 3.63) is 23.8 Å². The first-order chi connectivity index (χ1) is 10.4. The zero-order valence-electron chi connectivity index (χ0n) is 13.5. The molecule has 120 valence electrons. The minimum atomic E-state index is -0.0255. The third-order valence-corrected chi connectivity index (χ3v) is 4.43. The number of hydrogen-bond acceptors (Lipinski definition) is 6. The van der Waals surface area contributed by atoms with Crippen molar-refractivity contribution in [3.8, 4) is 0 Å². The first kappa shape index (κ1) is 15.4. The second-order valence-corrected chi connectivity index (χ2v) is 7.56. The first-order valence-corrected chi connectivity index (χ1v) is 8.42. The van der Waals surface area contributed by atoms with E-state index in [0.29, 0.717) is 0 Å². The monoisotopic (exact) mass is 321 g/mol. The molecule has 1 N–H and O–H groups in total. The van der Waals surface area contributed by atoms with Crippen molar-refractivity contribution >= 4 is 16.7 Å². The van der Waals surface area contributed by atoms with Crippen LogP contribution in [-0.4, -0.2) is 31.8 Å². The molecule has 2 aromatic rings. The highest BCUT2D eigenvalue weighted by Crippen LogP contribution is 2.31. The lowest BCUT2D eigenvalue weighted by molar-refractivity contribution is 0.00560. The molecule has 0 radical (unpaired) electrons. The van der Waals surface area contributed by atoms with Crippen LogP contribution in [0.1, 0.15) is 51.1 Å². The van der Waals surface area contributed by atoms with E-state index >= 15 is 0 Å². The Labute approximate surface area is 135 Å². The summed E-state index contributed by atoms with van der Waals surface area (Å²) in [6.45, 7) is 7.17. The zero-order valence-corrected chi connectivity index (χ0v) is 14.4. The molecule has 0 aromatic carbocycles. The second-order valence-electron chi connectivity index (χ2n) is 6.80. The molecule has 2 atom stereocenters.